The molecule has 0 unspecified atom stereocenters. The molecule has 0 amide bonds. The Morgan fingerprint density at radius 2 is 1.96 bits per heavy atom. The highest BCUT2D eigenvalue weighted by molar-refractivity contribution is 7.10. The number of carbonyl (C=O) groups excluding carboxylic acids is 1. The van der Waals surface area contributed by atoms with Gasteiger partial charge in [-0.3, -0.25) is 4.79 Å². The zero-order valence-electron chi connectivity index (χ0n) is 13.5. The fourth-order valence-corrected chi connectivity index (χ4v) is 3.52. The Labute approximate surface area is 150 Å². The Morgan fingerprint density at radius 3 is 2.80 bits per heavy atom. The molecule has 0 aliphatic carbocycles. The minimum absolute atomic E-state index is 0.311. The van der Waals surface area contributed by atoms with Crippen LogP contribution in [-0.4, -0.2) is 12.9 Å². The first kappa shape index (κ1) is 15.7. The summed E-state index contributed by atoms with van der Waals surface area (Å²) in [6, 6.07) is 18.2. The van der Waals surface area contributed by atoms with Gasteiger partial charge in [-0.1, -0.05) is 30.3 Å². The zero-order chi connectivity index (χ0) is 17.1. The molecular formula is C21H16O3S. The molecule has 2 aromatic carbocycles. The lowest BCUT2D eigenvalue weighted by Gasteiger charge is -2.16. The van der Waals surface area contributed by atoms with E-state index in [0.29, 0.717) is 18.8 Å². The molecule has 0 bridgehead atoms. The van der Waals surface area contributed by atoms with E-state index in [0.717, 1.165) is 23.3 Å². The molecule has 4 heteroatoms. The van der Waals surface area contributed by atoms with Crippen LogP contribution in [0.25, 0.3) is 17.2 Å². The van der Waals surface area contributed by atoms with Crippen LogP contribution < -0.4 is 9.47 Å². The van der Waals surface area contributed by atoms with E-state index in [1.54, 1.807) is 11.3 Å². The van der Waals surface area contributed by atoms with Crippen LogP contribution in [0, 0.1) is 0 Å². The minimum Gasteiger partial charge on any atom is -0.488 e. The number of carbonyl (C=O) groups is 1. The second-order valence-electron chi connectivity index (χ2n) is 5.78. The molecule has 0 N–H and O–H groups in total. The van der Waals surface area contributed by atoms with E-state index >= 15 is 0 Å². The van der Waals surface area contributed by atoms with Crippen LogP contribution in [0.2, 0.25) is 0 Å². The third-order valence-electron chi connectivity index (χ3n) is 4.01. The molecule has 4 rings (SSSR count). The highest BCUT2D eigenvalue weighted by Gasteiger charge is 2.12. The van der Waals surface area contributed by atoms with E-state index < -0.39 is 0 Å². The molecule has 0 spiro atoms. The standard InChI is InChI=1S/C21H16O3S/c22-11-15-8-17-6-7-19(10-21(17)24-12-15)23-13-20-9-18(14-25-20)16-4-2-1-3-5-16/h1-11,14H,12-13H2. The van der Waals surface area contributed by atoms with Gasteiger partial charge in [0.1, 0.15) is 31.0 Å². The van der Waals surface area contributed by atoms with E-state index in [2.05, 4.69) is 23.6 Å². The second kappa shape index (κ2) is 6.95. The zero-order valence-corrected chi connectivity index (χ0v) is 14.3. The molecule has 1 aliphatic heterocycles. The predicted octanol–water partition coefficient (Wildman–Crippen LogP) is 4.97. The topological polar surface area (TPSA) is 35.5 Å². The van der Waals surface area contributed by atoms with E-state index in [4.69, 9.17) is 9.47 Å². The molecule has 0 fully saturated rings. The highest BCUT2D eigenvalue weighted by atomic mass is 32.1. The fraction of sp³-hybridized carbons (Fsp3) is 0.0952. The van der Waals surface area contributed by atoms with Crippen LogP contribution in [-0.2, 0) is 11.4 Å². The van der Waals surface area contributed by atoms with Crippen molar-refractivity contribution in [3.63, 3.8) is 0 Å². The summed E-state index contributed by atoms with van der Waals surface area (Å²) in [5.41, 5.74) is 3.98. The Balaban J connectivity index is 1.45. The molecule has 124 valence electrons. The predicted molar refractivity (Wildman–Crippen MR) is 100 cm³/mol. The Kier molecular flexibility index (Phi) is 4.36. The third-order valence-corrected chi connectivity index (χ3v) is 4.92. The molecule has 1 aliphatic rings. The average molecular weight is 348 g/mol. The number of rotatable bonds is 5. The summed E-state index contributed by atoms with van der Waals surface area (Å²) in [6.45, 7) is 0.830. The lowest BCUT2D eigenvalue weighted by atomic mass is 10.1. The Morgan fingerprint density at radius 1 is 1.08 bits per heavy atom. The van der Waals surface area contributed by atoms with Crippen LogP contribution in [0.4, 0.5) is 0 Å². The molecule has 2 heterocycles. The number of hydrogen-bond donors (Lipinski definition) is 0. The summed E-state index contributed by atoms with van der Waals surface area (Å²) >= 11 is 1.69. The first-order valence-corrected chi connectivity index (χ1v) is 8.88. The number of aldehydes is 1. The molecule has 3 nitrogen and oxygen atoms in total. The minimum atomic E-state index is 0.311. The van der Waals surface area contributed by atoms with Gasteiger partial charge < -0.3 is 9.47 Å². The van der Waals surface area contributed by atoms with Crippen LogP contribution in [0.5, 0.6) is 11.5 Å². The molecule has 0 radical (unpaired) electrons. The van der Waals surface area contributed by atoms with Crippen LogP contribution >= 0.6 is 11.3 Å². The summed E-state index contributed by atoms with van der Waals surface area (Å²) in [5, 5.41) is 2.15. The van der Waals surface area contributed by atoms with E-state index in [1.165, 1.54) is 16.0 Å². The van der Waals surface area contributed by atoms with E-state index in [1.807, 2.05) is 42.5 Å². The van der Waals surface area contributed by atoms with Gasteiger partial charge in [0.15, 0.2) is 0 Å². The summed E-state index contributed by atoms with van der Waals surface area (Å²) < 4.78 is 11.5. The van der Waals surface area contributed by atoms with Crippen molar-refractivity contribution in [2.75, 3.05) is 6.61 Å². The van der Waals surface area contributed by atoms with Crippen molar-refractivity contribution in [1.82, 2.24) is 0 Å². The van der Waals surface area contributed by atoms with Crippen molar-refractivity contribution in [3.8, 4) is 22.6 Å². The molecule has 25 heavy (non-hydrogen) atoms. The largest absolute Gasteiger partial charge is 0.488 e. The molecular weight excluding hydrogens is 332 g/mol. The first-order valence-electron chi connectivity index (χ1n) is 8.00. The average Bonchev–Trinajstić information content (AvgIpc) is 3.15. The maximum atomic E-state index is 10.8. The normalized spacial score (nSPS) is 12.7. The van der Waals surface area contributed by atoms with Gasteiger partial charge in [-0.25, -0.2) is 0 Å². The lowest BCUT2D eigenvalue weighted by Crippen LogP contribution is -2.08. The summed E-state index contributed by atoms with van der Waals surface area (Å²) in [5.74, 6) is 1.51. The van der Waals surface area contributed by atoms with Crippen LogP contribution in [0.3, 0.4) is 0 Å². The summed E-state index contributed by atoms with van der Waals surface area (Å²) in [4.78, 5) is 12.0. The SMILES string of the molecule is O=CC1=Cc2ccc(OCc3cc(-c4ccccc4)cs3)cc2OC1. The Hall–Kier alpha value is -2.85. The molecule has 1 aromatic heterocycles. The van der Waals surface area contributed by atoms with Crippen LogP contribution in [0.15, 0.2) is 65.6 Å². The van der Waals surface area contributed by atoms with Gasteiger partial charge in [-0.2, -0.15) is 0 Å². The monoisotopic (exact) mass is 348 g/mol. The molecule has 0 saturated carbocycles. The van der Waals surface area contributed by atoms with Gasteiger partial charge >= 0.3 is 0 Å². The Bertz CT molecular complexity index is 925. The van der Waals surface area contributed by atoms with Gasteiger partial charge in [0.25, 0.3) is 0 Å². The van der Waals surface area contributed by atoms with Crippen molar-refractivity contribution in [2.45, 2.75) is 6.61 Å². The first-order chi connectivity index (χ1) is 12.3. The van der Waals surface area contributed by atoms with Gasteiger partial charge in [-0.15, -0.1) is 11.3 Å². The second-order valence-corrected chi connectivity index (χ2v) is 6.78. The molecule has 0 atom stereocenters. The maximum Gasteiger partial charge on any atom is 0.149 e. The summed E-state index contributed by atoms with van der Waals surface area (Å²) in [7, 11) is 0. The number of fused-ring (bicyclic) bond motifs is 1. The number of hydrogen-bond acceptors (Lipinski definition) is 4. The number of ether oxygens (including phenoxy) is 2. The highest BCUT2D eigenvalue weighted by Crippen LogP contribution is 2.31. The summed E-state index contributed by atoms with van der Waals surface area (Å²) in [6.07, 6.45) is 2.68. The molecule has 0 saturated heterocycles. The third kappa shape index (κ3) is 3.49. The van der Waals surface area contributed by atoms with Crippen molar-refractivity contribution in [2.24, 2.45) is 0 Å². The quantitative estimate of drug-likeness (QED) is 0.611. The van der Waals surface area contributed by atoms with E-state index in [9.17, 15) is 4.79 Å². The van der Waals surface area contributed by atoms with Gasteiger partial charge in [0.05, 0.1) is 0 Å². The van der Waals surface area contributed by atoms with Crippen molar-refractivity contribution < 1.29 is 14.3 Å². The lowest BCUT2D eigenvalue weighted by molar-refractivity contribution is -0.105. The smallest absolute Gasteiger partial charge is 0.149 e. The van der Waals surface area contributed by atoms with Gasteiger partial charge in [0.2, 0.25) is 0 Å². The van der Waals surface area contributed by atoms with Crippen molar-refractivity contribution in [3.05, 3.63) is 76.0 Å². The fourth-order valence-electron chi connectivity index (χ4n) is 2.71. The number of thiophene rings is 1. The van der Waals surface area contributed by atoms with Crippen molar-refractivity contribution in [1.29, 1.82) is 0 Å². The number of benzene rings is 2. The molecule has 3 aromatic rings. The van der Waals surface area contributed by atoms with E-state index in [-0.39, 0.29) is 0 Å². The van der Waals surface area contributed by atoms with Crippen molar-refractivity contribution >= 4 is 23.7 Å². The van der Waals surface area contributed by atoms with Gasteiger partial charge in [-0.05, 0) is 40.8 Å². The van der Waals surface area contributed by atoms with Gasteiger partial charge in [0, 0.05) is 22.1 Å². The van der Waals surface area contributed by atoms with Crippen LogP contribution in [0.1, 0.15) is 10.4 Å². The maximum absolute atomic E-state index is 10.8.